The first kappa shape index (κ1) is 17.3. The van der Waals surface area contributed by atoms with Gasteiger partial charge in [0.25, 0.3) is 6.43 Å². The van der Waals surface area contributed by atoms with E-state index in [1.807, 2.05) is 0 Å². The molecule has 1 unspecified atom stereocenters. The van der Waals surface area contributed by atoms with Crippen molar-refractivity contribution in [2.75, 3.05) is 26.3 Å². The van der Waals surface area contributed by atoms with Gasteiger partial charge in [-0.25, -0.2) is 13.5 Å². The van der Waals surface area contributed by atoms with Crippen molar-refractivity contribution in [3.63, 3.8) is 0 Å². The van der Waals surface area contributed by atoms with Crippen molar-refractivity contribution in [2.45, 2.75) is 51.0 Å². The van der Waals surface area contributed by atoms with Gasteiger partial charge in [-0.1, -0.05) is 6.07 Å². The molecule has 0 N–H and O–H groups in total. The molecule has 5 rings (SSSR count). The molecule has 1 atom stereocenters. The molecule has 0 bridgehead atoms. The van der Waals surface area contributed by atoms with Gasteiger partial charge in [0, 0.05) is 30.4 Å². The first-order chi connectivity index (χ1) is 13.2. The minimum Gasteiger partial charge on any atom is -0.379 e. The first-order valence-electron chi connectivity index (χ1n) is 10.0. The van der Waals surface area contributed by atoms with Crippen LogP contribution < -0.4 is 0 Å². The summed E-state index contributed by atoms with van der Waals surface area (Å²) in [6.07, 6.45) is 3.17. The fraction of sp³-hybridized carbons (Fsp3) is 0.571. The van der Waals surface area contributed by atoms with Crippen molar-refractivity contribution in [2.24, 2.45) is 0 Å². The zero-order chi connectivity index (χ0) is 18.4. The van der Waals surface area contributed by atoms with Gasteiger partial charge in [-0.05, 0) is 61.8 Å². The highest BCUT2D eigenvalue weighted by molar-refractivity contribution is 5.46. The van der Waals surface area contributed by atoms with Gasteiger partial charge in [0.05, 0.1) is 18.9 Å². The zero-order valence-electron chi connectivity index (χ0n) is 15.5. The van der Waals surface area contributed by atoms with Crippen LogP contribution in [-0.4, -0.2) is 47.0 Å². The molecule has 0 saturated carbocycles. The van der Waals surface area contributed by atoms with Gasteiger partial charge in [0.1, 0.15) is 5.69 Å². The van der Waals surface area contributed by atoms with E-state index in [2.05, 4.69) is 28.2 Å². The maximum Gasteiger partial charge on any atom is 0.282 e. The molecular weight excluding hydrogens is 348 g/mol. The zero-order valence-corrected chi connectivity index (χ0v) is 15.5. The van der Waals surface area contributed by atoms with E-state index < -0.39 is 6.43 Å². The Balaban J connectivity index is 1.45. The lowest BCUT2D eigenvalue weighted by atomic mass is 9.95. The number of nitrogens with zero attached hydrogens (tertiary/aromatic N) is 3. The van der Waals surface area contributed by atoms with Crippen LogP contribution in [0.5, 0.6) is 0 Å². The molecule has 1 aliphatic heterocycles. The van der Waals surface area contributed by atoms with Gasteiger partial charge < -0.3 is 4.74 Å². The fourth-order valence-corrected chi connectivity index (χ4v) is 4.93. The highest BCUT2D eigenvalue weighted by Gasteiger charge is 2.30. The molecule has 6 heteroatoms. The number of fused-ring (bicyclic) bond motifs is 2. The summed E-state index contributed by atoms with van der Waals surface area (Å²) in [6, 6.07) is 6.93. The molecule has 2 aliphatic carbocycles. The van der Waals surface area contributed by atoms with Crippen LogP contribution in [0.4, 0.5) is 8.78 Å². The lowest BCUT2D eigenvalue weighted by Gasteiger charge is -2.32. The average Bonchev–Trinajstić information content (AvgIpc) is 3.30. The van der Waals surface area contributed by atoms with Crippen LogP contribution in [0.25, 0.3) is 5.69 Å². The highest BCUT2D eigenvalue weighted by atomic mass is 19.3. The number of hydrogen-bond acceptors (Lipinski definition) is 3. The third-order valence-corrected chi connectivity index (χ3v) is 6.33. The fourth-order valence-electron chi connectivity index (χ4n) is 4.93. The number of ether oxygens (including phenoxy) is 1. The van der Waals surface area contributed by atoms with Gasteiger partial charge in [-0.2, -0.15) is 5.10 Å². The molecule has 1 saturated heterocycles. The predicted octanol–water partition coefficient (Wildman–Crippen LogP) is 3.49. The maximum absolute atomic E-state index is 13.5. The van der Waals surface area contributed by atoms with Crippen LogP contribution in [0.3, 0.4) is 0 Å². The third kappa shape index (κ3) is 3.09. The van der Waals surface area contributed by atoms with E-state index in [0.717, 1.165) is 81.8 Å². The largest absolute Gasteiger partial charge is 0.379 e. The second-order valence-corrected chi connectivity index (χ2v) is 7.89. The maximum atomic E-state index is 13.5. The Labute approximate surface area is 158 Å². The monoisotopic (exact) mass is 373 g/mol. The minimum absolute atomic E-state index is 0.0172. The van der Waals surface area contributed by atoms with Crippen LogP contribution in [0.15, 0.2) is 18.2 Å². The molecule has 0 spiro atoms. The second kappa shape index (κ2) is 6.99. The molecule has 0 amide bonds. The summed E-state index contributed by atoms with van der Waals surface area (Å²) in [5.41, 5.74) is 5.40. The van der Waals surface area contributed by atoms with E-state index in [9.17, 15) is 8.78 Å². The van der Waals surface area contributed by atoms with E-state index in [0.29, 0.717) is 6.04 Å². The Morgan fingerprint density at radius 3 is 2.63 bits per heavy atom. The molecule has 1 fully saturated rings. The number of aromatic nitrogens is 2. The van der Waals surface area contributed by atoms with Crippen molar-refractivity contribution < 1.29 is 13.5 Å². The molecule has 144 valence electrons. The SMILES string of the molecule is FC(F)c1nn(-c2ccc3c(c2)CC(N2CCOCC2)C3)c2c1CCCC2. The molecule has 1 aromatic carbocycles. The van der Waals surface area contributed by atoms with Crippen LogP contribution >= 0.6 is 0 Å². The first-order valence-corrected chi connectivity index (χ1v) is 10.0. The number of alkyl halides is 2. The van der Waals surface area contributed by atoms with E-state index in [4.69, 9.17) is 4.74 Å². The van der Waals surface area contributed by atoms with E-state index in [1.165, 1.54) is 11.1 Å². The molecule has 2 heterocycles. The number of hydrogen-bond donors (Lipinski definition) is 0. The molecular formula is C21H25F2N3O. The van der Waals surface area contributed by atoms with Crippen LogP contribution in [0, 0.1) is 0 Å². The Hall–Kier alpha value is -1.79. The van der Waals surface area contributed by atoms with Gasteiger partial charge in [-0.15, -0.1) is 0 Å². The molecule has 27 heavy (non-hydrogen) atoms. The summed E-state index contributed by atoms with van der Waals surface area (Å²) >= 11 is 0. The number of benzene rings is 1. The van der Waals surface area contributed by atoms with Gasteiger partial charge in [-0.3, -0.25) is 4.90 Å². The topological polar surface area (TPSA) is 30.3 Å². The van der Waals surface area contributed by atoms with Gasteiger partial charge >= 0.3 is 0 Å². The van der Waals surface area contributed by atoms with Gasteiger partial charge in [0.2, 0.25) is 0 Å². The number of rotatable bonds is 3. The van der Waals surface area contributed by atoms with E-state index >= 15 is 0 Å². The number of halogens is 2. The van der Waals surface area contributed by atoms with Crippen LogP contribution in [-0.2, 0) is 30.4 Å². The van der Waals surface area contributed by atoms with Gasteiger partial charge in [0.15, 0.2) is 0 Å². The Morgan fingerprint density at radius 1 is 1.04 bits per heavy atom. The smallest absolute Gasteiger partial charge is 0.282 e. The minimum atomic E-state index is -2.50. The van der Waals surface area contributed by atoms with Crippen LogP contribution in [0.1, 0.15) is 47.3 Å². The average molecular weight is 373 g/mol. The Kier molecular flexibility index (Phi) is 4.48. The molecule has 0 radical (unpaired) electrons. The Bertz CT molecular complexity index is 842. The standard InChI is InChI=1S/C21H25F2N3O/c22-21(23)20-18-3-1-2-4-19(18)26(24-20)16-6-5-14-11-17(13-15(14)12-16)25-7-9-27-10-8-25/h5-6,12,17,21H,1-4,7-11,13H2. The predicted molar refractivity (Wildman–Crippen MR) is 98.8 cm³/mol. The lowest BCUT2D eigenvalue weighted by Crippen LogP contribution is -2.43. The lowest BCUT2D eigenvalue weighted by molar-refractivity contribution is 0.0187. The second-order valence-electron chi connectivity index (χ2n) is 7.89. The summed E-state index contributed by atoms with van der Waals surface area (Å²) < 4.78 is 34.2. The van der Waals surface area contributed by atoms with Crippen molar-refractivity contribution >= 4 is 0 Å². The van der Waals surface area contributed by atoms with E-state index in [1.54, 1.807) is 4.68 Å². The molecule has 2 aromatic rings. The summed E-state index contributed by atoms with van der Waals surface area (Å²) in [4.78, 5) is 2.52. The number of morpholine rings is 1. The van der Waals surface area contributed by atoms with Crippen molar-refractivity contribution in [3.05, 3.63) is 46.3 Å². The van der Waals surface area contributed by atoms with Crippen LogP contribution in [0.2, 0.25) is 0 Å². The van der Waals surface area contributed by atoms with E-state index in [-0.39, 0.29) is 5.69 Å². The third-order valence-electron chi connectivity index (χ3n) is 6.33. The normalized spacial score (nSPS) is 22.9. The highest BCUT2D eigenvalue weighted by Crippen LogP contribution is 2.34. The molecule has 1 aromatic heterocycles. The van der Waals surface area contributed by atoms with Crippen molar-refractivity contribution in [3.8, 4) is 5.69 Å². The molecule has 3 aliphatic rings. The summed E-state index contributed by atoms with van der Waals surface area (Å²) in [5, 5.41) is 4.34. The quantitative estimate of drug-likeness (QED) is 0.825. The van der Waals surface area contributed by atoms with Crippen molar-refractivity contribution in [1.29, 1.82) is 0 Å². The molecule has 4 nitrogen and oxygen atoms in total. The summed E-state index contributed by atoms with van der Waals surface area (Å²) in [5.74, 6) is 0. The summed E-state index contributed by atoms with van der Waals surface area (Å²) in [7, 11) is 0. The summed E-state index contributed by atoms with van der Waals surface area (Å²) in [6.45, 7) is 3.62. The van der Waals surface area contributed by atoms with Crippen molar-refractivity contribution in [1.82, 2.24) is 14.7 Å². The Morgan fingerprint density at radius 2 is 1.81 bits per heavy atom.